The summed E-state index contributed by atoms with van der Waals surface area (Å²) in [7, 11) is 1.39. The van der Waals surface area contributed by atoms with Gasteiger partial charge in [0, 0.05) is 44.0 Å². The van der Waals surface area contributed by atoms with Crippen LogP contribution < -0.4 is 10.2 Å². The maximum Gasteiger partial charge on any atom is 0.414 e. The number of hydrogen-bond acceptors (Lipinski definition) is 9. The number of carbonyl (C=O) groups is 3. The Labute approximate surface area is 215 Å². The van der Waals surface area contributed by atoms with Crippen molar-refractivity contribution in [1.82, 2.24) is 15.1 Å². The highest BCUT2D eigenvalue weighted by molar-refractivity contribution is 6.04. The van der Waals surface area contributed by atoms with Crippen molar-refractivity contribution in [2.45, 2.75) is 12.7 Å². The molecule has 2 aromatic carbocycles. The molecule has 2 amide bonds. The second-order valence-corrected chi connectivity index (χ2v) is 8.88. The lowest BCUT2D eigenvalue weighted by atomic mass is 10.1. The molecule has 2 aliphatic heterocycles. The normalized spacial score (nSPS) is 18.2. The van der Waals surface area contributed by atoms with E-state index in [0.717, 1.165) is 31.7 Å². The maximum absolute atomic E-state index is 12.5. The van der Waals surface area contributed by atoms with E-state index in [9.17, 15) is 14.4 Å². The summed E-state index contributed by atoms with van der Waals surface area (Å²) in [6.07, 6.45) is -1.39. The van der Waals surface area contributed by atoms with Crippen molar-refractivity contribution < 1.29 is 28.6 Å². The fourth-order valence-corrected chi connectivity index (χ4v) is 4.23. The molecule has 0 aliphatic carbocycles. The molecule has 11 nitrogen and oxygen atoms in total. The first-order chi connectivity index (χ1) is 17.9. The molecular weight excluding hydrogens is 478 g/mol. The van der Waals surface area contributed by atoms with Crippen LogP contribution in [0.15, 0.2) is 54.6 Å². The number of cyclic esters (lactones) is 1. The predicted molar refractivity (Wildman–Crippen MR) is 136 cm³/mol. The molecule has 0 spiro atoms. The minimum Gasteiger partial charge on any atom is -0.468 e. The summed E-state index contributed by atoms with van der Waals surface area (Å²) in [4.78, 5) is 41.8. The first-order valence-electron chi connectivity index (χ1n) is 12.1. The third-order valence-electron chi connectivity index (χ3n) is 6.29. The van der Waals surface area contributed by atoms with Gasteiger partial charge in [0.2, 0.25) is 0 Å². The van der Waals surface area contributed by atoms with Crippen LogP contribution in [0.1, 0.15) is 11.1 Å². The number of alkyl carbamates (subject to hydrolysis) is 1. The second-order valence-electron chi connectivity index (χ2n) is 8.88. The minimum absolute atomic E-state index is 0.0992. The predicted octanol–water partition coefficient (Wildman–Crippen LogP) is 2.05. The average molecular weight is 510 g/mol. The molecule has 37 heavy (non-hydrogen) atoms. The molecular formula is C26H31N5O6. The molecule has 2 aliphatic rings. The van der Waals surface area contributed by atoms with Gasteiger partial charge < -0.3 is 14.2 Å². The molecule has 1 unspecified atom stereocenters. The Bertz CT molecular complexity index is 1100. The van der Waals surface area contributed by atoms with Crippen LogP contribution >= 0.6 is 0 Å². The van der Waals surface area contributed by atoms with Crippen molar-refractivity contribution >= 4 is 29.7 Å². The van der Waals surface area contributed by atoms with E-state index < -0.39 is 12.2 Å². The zero-order valence-corrected chi connectivity index (χ0v) is 20.7. The number of ether oxygens (including phenoxy) is 3. The van der Waals surface area contributed by atoms with Gasteiger partial charge in [-0.2, -0.15) is 0 Å². The van der Waals surface area contributed by atoms with Crippen LogP contribution in [0.3, 0.4) is 0 Å². The highest BCUT2D eigenvalue weighted by atomic mass is 16.6. The average Bonchev–Trinajstić information content (AvgIpc) is 3.28. The third kappa shape index (κ3) is 7.28. The number of nitrogens with one attached hydrogen (secondary N) is 2. The maximum atomic E-state index is 12.5. The molecule has 0 radical (unpaired) electrons. The number of amidine groups is 1. The van der Waals surface area contributed by atoms with Crippen LogP contribution in [-0.2, 0) is 25.6 Å². The van der Waals surface area contributed by atoms with Crippen LogP contribution in [0.5, 0.6) is 0 Å². The van der Waals surface area contributed by atoms with E-state index in [-0.39, 0.29) is 31.1 Å². The number of amides is 2. The van der Waals surface area contributed by atoms with Crippen LogP contribution in [0.4, 0.5) is 15.3 Å². The molecule has 11 heteroatoms. The SMILES string of the molecule is COC(=O)CN1CCN(CC2CN(c3ccc(C(=N)NC(=O)OCc4ccccc4)cc3)C(=O)O2)CC1. The summed E-state index contributed by atoms with van der Waals surface area (Å²) in [5.74, 6) is -0.341. The van der Waals surface area contributed by atoms with E-state index in [0.29, 0.717) is 24.3 Å². The molecule has 4 rings (SSSR count). The Balaban J connectivity index is 1.23. The molecule has 0 aromatic heterocycles. The van der Waals surface area contributed by atoms with Crippen molar-refractivity contribution in [3.05, 3.63) is 65.7 Å². The zero-order chi connectivity index (χ0) is 26.2. The molecule has 2 heterocycles. The monoisotopic (exact) mass is 509 g/mol. The van der Waals surface area contributed by atoms with Gasteiger partial charge in [-0.1, -0.05) is 30.3 Å². The number of benzene rings is 2. The lowest BCUT2D eigenvalue weighted by Gasteiger charge is -2.34. The van der Waals surface area contributed by atoms with Crippen molar-refractivity contribution in [2.24, 2.45) is 0 Å². The van der Waals surface area contributed by atoms with Gasteiger partial charge in [0.1, 0.15) is 18.5 Å². The van der Waals surface area contributed by atoms with E-state index in [1.165, 1.54) is 7.11 Å². The summed E-state index contributed by atoms with van der Waals surface area (Å²) in [6.45, 7) is 4.50. The van der Waals surface area contributed by atoms with Gasteiger partial charge in [-0.05, 0) is 29.8 Å². The molecule has 2 fully saturated rings. The largest absolute Gasteiger partial charge is 0.468 e. The van der Waals surface area contributed by atoms with Crippen molar-refractivity contribution in [2.75, 3.05) is 57.8 Å². The Morgan fingerprint density at radius 2 is 1.70 bits per heavy atom. The summed E-state index contributed by atoms with van der Waals surface area (Å²) in [5.41, 5.74) is 1.98. The van der Waals surface area contributed by atoms with E-state index in [4.69, 9.17) is 19.6 Å². The van der Waals surface area contributed by atoms with Crippen molar-refractivity contribution in [3.8, 4) is 0 Å². The lowest BCUT2D eigenvalue weighted by molar-refractivity contribution is -0.142. The highest BCUT2D eigenvalue weighted by Crippen LogP contribution is 2.23. The first-order valence-corrected chi connectivity index (χ1v) is 12.1. The fourth-order valence-electron chi connectivity index (χ4n) is 4.23. The van der Waals surface area contributed by atoms with Gasteiger partial charge in [0.25, 0.3) is 0 Å². The summed E-state index contributed by atoms with van der Waals surface area (Å²) < 4.78 is 15.5. The Kier molecular flexibility index (Phi) is 8.70. The number of piperazine rings is 1. The zero-order valence-electron chi connectivity index (χ0n) is 20.7. The summed E-state index contributed by atoms with van der Waals surface area (Å²) >= 11 is 0. The van der Waals surface area contributed by atoms with E-state index >= 15 is 0 Å². The number of rotatable bonds is 8. The number of anilines is 1. The second kappa shape index (κ2) is 12.3. The van der Waals surface area contributed by atoms with E-state index in [1.54, 1.807) is 29.2 Å². The van der Waals surface area contributed by atoms with Gasteiger partial charge in [-0.15, -0.1) is 0 Å². The van der Waals surface area contributed by atoms with Crippen LogP contribution in [0.2, 0.25) is 0 Å². The molecule has 2 aromatic rings. The molecule has 1 atom stereocenters. The Hall–Kier alpha value is -3.96. The summed E-state index contributed by atoms with van der Waals surface area (Å²) in [5, 5.41) is 10.6. The minimum atomic E-state index is -0.713. The van der Waals surface area contributed by atoms with E-state index in [2.05, 4.69) is 10.2 Å². The summed E-state index contributed by atoms with van der Waals surface area (Å²) in [6, 6.07) is 16.0. The van der Waals surface area contributed by atoms with Crippen LogP contribution in [-0.4, -0.2) is 92.8 Å². The van der Waals surface area contributed by atoms with Crippen LogP contribution in [0, 0.1) is 5.41 Å². The van der Waals surface area contributed by atoms with Crippen LogP contribution in [0.25, 0.3) is 0 Å². The third-order valence-corrected chi connectivity index (χ3v) is 6.29. The number of hydrogen-bond donors (Lipinski definition) is 2. The molecule has 0 bridgehead atoms. The Morgan fingerprint density at radius 3 is 2.38 bits per heavy atom. The van der Waals surface area contributed by atoms with Crippen molar-refractivity contribution in [3.63, 3.8) is 0 Å². The molecule has 0 saturated carbocycles. The topological polar surface area (TPSA) is 125 Å². The van der Waals surface area contributed by atoms with Gasteiger partial charge >= 0.3 is 18.2 Å². The van der Waals surface area contributed by atoms with Crippen molar-refractivity contribution in [1.29, 1.82) is 5.41 Å². The first kappa shape index (κ1) is 26.1. The fraction of sp³-hybridized carbons (Fsp3) is 0.385. The van der Waals surface area contributed by atoms with Gasteiger partial charge in [-0.3, -0.25) is 30.2 Å². The molecule has 2 N–H and O–H groups in total. The number of nitrogens with zero attached hydrogens (tertiary/aromatic N) is 3. The van der Waals surface area contributed by atoms with Gasteiger partial charge in [0.15, 0.2) is 0 Å². The van der Waals surface area contributed by atoms with Gasteiger partial charge in [-0.25, -0.2) is 9.59 Å². The molecule has 196 valence electrons. The molecule has 2 saturated heterocycles. The quantitative estimate of drug-likeness (QED) is 0.240. The standard InChI is InChI=1S/C26H31N5O6/c1-35-23(32)17-30-13-11-29(12-14-30)15-22-16-31(26(34)37-22)21-9-7-20(8-10-21)24(27)28-25(33)36-18-19-5-3-2-4-6-19/h2-10,22H,11-18H2,1H3,(H2,27,28,33). The Morgan fingerprint density at radius 1 is 1.03 bits per heavy atom. The van der Waals surface area contributed by atoms with E-state index in [1.807, 2.05) is 35.2 Å². The lowest BCUT2D eigenvalue weighted by Crippen LogP contribution is -2.50. The number of carbonyl (C=O) groups excluding carboxylic acids is 3. The highest BCUT2D eigenvalue weighted by Gasteiger charge is 2.34. The van der Waals surface area contributed by atoms with Gasteiger partial charge in [0.05, 0.1) is 20.2 Å². The number of esters is 1. The smallest absolute Gasteiger partial charge is 0.414 e. The number of methoxy groups -OCH3 is 1.